The zero-order valence-electron chi connectivity index (χ0n) is 10.5. The van der Waals surface area contributed by atoms with Crippen molar-refractivity contribution in [2.75, 3.05) is 12.3 Å². The number of benzene rings is 1. The van der Waals surface area contributed by atoms with Gasteiger partial charge in [-0.25, -0.2) is 0 Å². The maximum atomic E-state index is 3.63. The Kier molecular flexibility index (Phi) is 3.93. The number of hydrogen-bond donors (Lipinski definition) is 1. The highest BCUT2D eigenvalue weighted by Crippen LogP contribution is 2.33. The summed E-state index contributed by atoms with van der Waals surface area (Å²) in [5, 5.41) is 3.63. The van der Waals surface area contributed by atoms with Crippen LogP contribution in [0, 0.1) is 13.8 Å². The molecule has 1 unspecified atom stereocenters. The van der Waals surface area contributed by atoms with Crippen molar-refractivity contribution in [2.24, 2.45) is 0 Å². The van der Waals surface area contributed by atoms with Crippen molar-refractivity contribution in [1.29, 1.82) is 0 Å². The summed E-state index contributed by atoms with van der Waals surface area (Å²) >= 11 is 2.07. The highest BCUT2D eigenvalue weighted by Gasteiger charge is 2.20. The minimum atomic E-state index is 0.565. The molecule has 0 saturated carbocycles. The van der Waals surface area contributed by atoms with E-state index in [4.69, 9.17) is 0 Å². The zero-order chi connectivity index (χ0) is 11.5. The van der Waals surface area contributed by atoms with Crippen LogP contribution in [-0.2, 0) is 5.75 Å². The van der Waals surface area contributed by atoms with Gasteiger partial charge in [-0.3, -0.25) is 0 Å². The van der Waals surface area contributed by atoms with Crippen molar-refractivity contribution >= 4 is 11.8 Å². The van der Waals surface area contributed by atoms with E-state index in [0.29, 0.717) is 6.04 Å². The lowest BCUT2D eigenvalue weighted by molar-refractivity contribution is 0.538. The fraction of sp³-hybridized carbons (Fsp3) is 0.571. The average molecular weight is 235 g/mol. The number of aryl methyl sites for hydroxylation is 2. The summed E-state index contributed by atoms with van der Waals surface area (Å²) in [6, 6.07) is 5.25. The van der Waals surface area contributed by atoms with Crippen molar-refractivity contribution in [3.63, 3.8) is 0 Å². The topological polar surface area (TPSA) is 12.0 Å². The van der Waals surface area contributed by atoms with Gasteiger partial charge in [-0.1, -0.05) is 24.6 Å². The van der Waals surface area contributed by atoms with Crippen LogP contribution in [0.15, 0.2) is 12.1 Å². The second-order valence-electron chi connectivity index (χ2n) is 4.61. The summed E-state index contributed by atoms with van der Waals surface area (Å²) in [4.78, 5) is 0. The molecule has 1 atom stereocenters. The molecule has 0 amide bonds. The Morgan fingerprint density at radius 1 is 1.38 bits per heavy atom. The van der Waals surface area contributed by atoms with Crippen LogP contribution in [0.2, 0.25) is 0 Å². The molecule has 0 aromatic heterocycles. The predicted octanol–water partition coefficient (Wildman–Crippen LogP) is 3.59. The Balaban J connectivity index is 2.43. The van der Waals surface area contributed by atoms with Crippen LogP contribution >= 0.6 is 11.8 Å². The van der Waals surface area contributed by atoms with E-state index in [-0.39, 0.29) is 0 Å². The van der Waals surface area contributed by atoms with Gasteiger partial charge in [0.25, 0.3) is 0 Å². The Morgan fingerprint density at radius 2 is 2.19 bits per heavy atom. The van der Waals surface area contributed by atoms with Gasteiger partial charge in [0.15, 0.2) is 0 Å². The number of thioether (sulfide) groups is 1. The second-order valence-corrected chi connectivity index (χ2v) is 5.71. The van der Waals surface area contributed by atoms with Gasteiger partial charge in [0, 0.05) is 11.8 Å². The molecule has 0 fully saturated rings. The summed E-state index contributed by atoms with van der Waals surface area (Å²) in [6.45, 7) is 7.71. The molecule has 0 radical (unpaired) electrons. The van der Waals surface area contributed by atoms with Gasteiger partial charge in [-0.2, -0.15) is 11.8 Å². The highest BCUT2D eigenvalue weighted by molar-refractivity contribution is 7.98. The predicted molar refractivity (Wildman–Crippen MR) is 73.1 cm³/mol. The summed E-state index contributed by atoms with van der Waals surface area (Å²) < 4.78 is 0. The van der Waals surface area contributed by atoms with Crippen LogP contribution < -0.4 is 5.32 Å². The number of hydrogen-bond acceptors (Lipinski definition) is 2. The van der Waals surface area contributed by atoms with Gasteiger partial charge >= 0.3 is 0 Å². The van der Waals surface area contributed by atoms with Crippen LogP contribution in [0.5, 0.6) is 0 Å². The SMILES string of the molecule is CCNC1CCSCc2cc(C)cc(C)c21. The fourth-order valence-corrected chi connectivity index (χ4v) is 3.67. The van der Waals surface area contributed by atoms with E-state index in [2.05, 4.69) is 50.0 Å². The summed E-state index contributed by atoms with van der Waals surface area (Å²) in [5.41, 5.74) is 5.97. The Hall–Kier alpha value is -0.470. The van der Waals surface area contributed by atoms with Crippen molar-refractivity contribution in [3.8, 4) is 0 Å². The van der Waals surface area contributed by atoms with Crippen LogP contribution in [0.1, 0.15) is 41.6 Å². The van der Waals surface area contributed by atoms with Crippen molar-refractivity contribution in [2.45, 2.75) is 39.0 Å². The van der Waals surface area contributed by atoms with Crippen LogP contribution in [0.3, 0.4) is 0 Å². The standard InChI is InChI=1S/C14H21NS/c1-4-15-13-5-6-16-9-12-8-10(2)7-11(3)14(12)13/h7-8,13,15H,4-6,9H2,1-3H3. The van der Waals surface area contributed by atoms with Crippen molar-refractivity contribution < 1.29 is 0 Å². The lowest BCUT2D eigenvalue weighted by Crippen LogP contribution is -2.22. The minimum Gasteiger partial charge on any atom is -0.310 e. The van der Waals surface area contributed by atoms with E-state index in [9.17, 15) is 0 Å². The monoisotopic (exact) mass is 235 g/mol. The average Bonchev–Trinajstić information content (AvgIpc) is 2.41. The number of fused-ring (bicyclic) bond motifs is 1. The molecule has 1 nitrogen and oxygen atoms in total. The fourth-order valence-electron chi connectivity index (χ4n) is 2.66. The van der Waals surface area contributed by atoms with E-state index in [1.807, 2.05) is 0 Å². The maximum absolute atomic E-state index is 3.63. The quantitative estimate of drug-likeness (QED) is 0.840. The Bertz CT molecular complexity index is 373. The first kappa shape index (κ1) is 12.0. The molecule has 0 spiro atoms. The van der Waals surface area contributed by atoms with Crippen molar-refractivity contribution in [1.82, 2.24) is 5.32 Å². The second kappa shape index (κ2) is 5.24. The first-order valence-electron chi connectivity index (χ1n) is 6.13. The molecular weight excluding hydrogens is 214 g/mol. The van der Waals surface area contributed by atoms with Crippen molar-refractivity contribution in [3.05, 3.63) is 34.4 Å². The molecule has 1 aromatic rings. The first-order chi connectivity index (χ1) is 7.72. The Morgan fingerprint density at radius 3 is 2.94 bits per heavy atom. The molecule has 1 aliphatic heterocycles. The van der Waals surface area contributed by atoms with Gasteiger partial charge in [-0.15, -0.1) is 0 Å². The third-order valence-corrected chi connectivity index (χ3v) is 4.26. The Labute approximate surface area is 103 Å². The molecule has 1 aromatic carbocycles. The third-order valence-electron chi connectivity index (χ3n) is 3.22. The van der Waals surface area contributed by atoms with E-state index in [1.54, 1.807) is 11.1 Å². The molecule has 0 saturated heterocycles. The molecule has 2 rings (SSSR count). The van der Waals surface area contributed by atoms with Crippen LogP contribution in [0.25, 0.3) is 0 Å². The summed E-state index contributed by atoms with van der Waals surface area (Å²) in [5.74, 6) is 2.45. The molecule has 2 heteroatoms. The smallest absolute Gasteiger partial charge is 0.0333 e. The van der Waals surface area contributed by atoms with Gasteiger partial charge in [0.05, 0.1) is 0 Å². The molecule has 1 aliphatic rings. The molecule has 0 bridgehead atoms. The van der Waals surface area contributed by atoms with Gasteiger partial charge in [-0.05, 0) is 49.3 Å². The van der Waals surface area contributed by atoms with Crippen LogP contribution in [0.4, 0.5) is 0 Å². The van der Waals surface area contributed by atoms with Gasteiger partial charge < -0.3 is 5.32 Å². The van der Waals surface area contributed by atoms with E-state index >= 15 is 0 Å². The zero-order valence-corrected chi connectivity index (χ0v) is 11.3. The third kappa shape index (κ3) is 2.44. The van der Waals surface area contributed by atoms with Crippen LogP contribution in [-0.4, -0.2) is 12.3 Å². The maximum Gasteiger partial charge on any atom is 0.0333 e. The highest BCUT2D eigenvalue weighted by atomic mass is 32.2. The number of nitrogens with one attached hydrogen (secondary N) is 1. The van der Waals surface area contributed by atoms with Gasteiger partial charge in [0.2, 0.25) is 0 Å². The van der Waals surface area contributed by atoms with Gasteiger partial charge in [0.1, 0.15) is 0 Å². The molecular formula is C14H21NS. The summed E-state index contributed by atoms with van der Waals surface area (Å²) in [7, 11) is 0. The first-order valence-corrected chi connectivity index (χ1v) is 7.29. The van der Waals surface area contributed by atoms with E-state index < -0.39 is 0 Å². The van der Waals surface area contributed by atoms with E-state index in [1.165, 1.54) is 29.1 Å². The molecule has 1 heterocycles. The molecule has 88 valence electrons. The molecule has 0 aliphatic carbocycles. The van der Waals surface area contributed by atoms with E-state index in [0.717, 1.165) is 6.54 Å². The minimum absolute atomic E-state index is 0.565. The molecule has 1 N–H and O–H groups in total. The lowest BCUT2D eigenvalue weighted by atomic mass is 9.93. The summed E-state index contributed by atoms with van der Waals surface area (Å²) in [6.07, 6.45) is 1.26. The normalized spacial score (nSPS) is 20.3. The number of rotatable bonds is 2. The lowest BCUT2D eigenvalue weighted by Gasteiger charge is -2.21. The molecule has 16 heavy (non-hydrogen) atoms. The largest absolute Gasteiger partial charge is 0.310 e.